The Morgan fingerprint density at radius 1 is 0.886 bits per heavy atom. The van der Waals surface area contributed by atoms with Gasteiger partial charge < -0.3 is 15.4 Å². The van der Waals surface area contributed by atoms with Crippen molar-refractivity contribution < 1.29 is 27.5 Å². The molecule has 1 aromatic heterocycles. The number of nitrogens with one attached hydrogen (secondary N) is 2. The fourth-order valence-electron chi connectivity index (χ4n) is 3.26. The van der Waals surface area contributed by atoms with Crippen LogP contribution in [0.4, 0.5) is 30.4 Å². The zero-order valence-corrected chi connectivity index (χ0v) is 18.3. The van der Waals surface area contributed by atoms with Gasteiger partial charge in [0.15, 0.2) is 0 Å². The zero-order valence-electron chi connectivity index (χ0n) is 18.3. The second-order valence-corrected chi connectivity index (χ2v) is 7.35. The molecule has 1 heterocycles. The van der Waals surface area contributed by atoms with Gasteiger partial charge in [-0.15, -0.1) is 0 Å². The summed E-state index contributed by atoms with van der Waals surface area (Å²) in [5.74, 6) is -1.83. The summed E-state index contributed by atoms with van der Waals surface area (Å²) in [5.41, 5.74) is 1.55. The van der Waals surface area contributed by atoms with Gasteiger partial charge >= 0.3 is 12.1 Å². The van der Waals surface area contributed by atoms with E-state index in [2.05, 4.69) is 10.4 Å². The first-order valence-electron chi connectivity index (χ1n) is 10.3. The van der Waals surface area contributed by atoms with E-state index in [1.165, 1.54) is 25.3 Å². The highest BCUT2D eigenvalue weighted by atomic mass is 19.4. The second kappa shape index (κ2) is 9.72. The molecule has 35 heavy (non-hydrogen) atoms. The Morgan fingerprint density at radius 2 is 1.51 bits per heavy atom. The fourth-order valence-corrected chi connectivity index (χ4v) is 3.26. The smallest absolute Gasteiger partial charge is 0.471 e. The van der Waals surface area contributed by atoms with Crippen molar-refractivity contribution in [3.63, 3.8) is 0 Å². The maximum absolute atomic E-state index is 13.3. The first-order valence-corrected chi connectivity index (χ1v) is 10.3. The summed E-state index contributed by atoms with van der Waals surface area (Å²) in [5, 5.41) is 9.21. The average molecular weight is 480 g/mol. The number of ether oxygens (including phenoxy) is 1. The van der Waals surface area contributed by atoms with Crippen LogP contribution in [0.15, 0.2) is 84.9 Å². The van der Waals surface area contributed by atoms with E-state index in [1.54, 1.807) is 36.4 Å². The van der Waals surface area contributed by atoms with Crippen LogP contribution in [-0.2, 0) is 4.79 Å². The number of rotatable bonds is 6. The van der Waals surface area contributed by atoms with Gasteiger partial charge in [-0.3, -0.25) is 9.59 Å². The van der Waals surface area contributed by atoms with Crippen LogP contribution >= 0.6 is 0 Å². The molecule has 0 aliphatic heterocycles. The van der Waals surface area contributed by atoms with Crippen molar-refractivity contribution in [3.05, 3.63) is 90.5 Å². The van der Waals surface area contributed by atoms with Crippen LogP contribution in [0.2, 0.25) is 0 Å². The number of para-hydroxylation sites is 2. The number of benzene rings is 3. The van der Waals surface area contributed by atoms with Gasteiger partial charge in [0.25, 0.3) is 5.91 Å². The number of aromatic nitrogens is 2. The third-order valence-corrected chi connectivity index (χ3v) is 5.00. The van der Waals surface area contributed by atoms with Crippen molar-refractivity contribution in [3.8, 4) is 17.0 Å². The number of alkyl halides is 3. The van der Waals surface area contributed by atoms with Gasteiger partial charge in [-0.2, -0.15) is 23.0 Å². The predicted octanol–water partition coefficient (Wildman–Crippen LogP) is 5.49. The largest absolute Gasteiger partial charge is 0.497 e. The molecule has 7 nitrogen and oxygen atoms in total. The highest BCUT2D eigenvalue weighted by Gasteiger charge is 2.39. The summed E-state index contributed by atoms with van der Waals surface area (Å²) in [6.45, 7) is 0. The molecule has 4 rings (SSSR count). The van der Waals surface area contributed by atoms with Gasteiger partial charge in [0.2, 0.25) is 0 Å². The van der Waals surface area contributed by atoms with E-state index in [1.807, 2.05) is 35.6 Å². The van der Waals surface area contributed by atoms with Crippen LogP contribution in [0.3, 0.4) is 0 Å². The van der Waals surface area contributed by atoms with Gasteiger partial charge in [0, 0.05) is 17.2 Å². The minimum Gasteiger partial charge on any atom is -0.497 e. The number of halogens is 3. The molecule has 0 saturated heterocycles. The topological polar surface area (TPSA) is 85.2 Å². The number of methoxy groups -OCH3 is 1. The standard InChI is InChI=1S/C25H19F3N4O3/c1-35-18-13-11-17(12-14-18)23(33)32-22(15-21(31-32)16-7-3-2-4-8-16)29-19-9-5-6-10-20(19)30-24(34)25(26,27)28/h2-15,29H,1H3,(H,30,34). The van der Waals surface area contributed by atoms with Gasteiger partial charge in [0.05, 0.1) is 24.2 Å². The number of hydrogen-bond acceptors (Lipinski definition) is 5. The lowest BCUT2D eigenvalue weighted by molar-refractivity contribution is -0.167. The predicted molar refractivity (Wildman–Crippen MR) is 125 cm³/mol. The van der Waals surface area contributed by atoms with Crippen molar-refractivity contribution in [1.29, 1.82) is 0 Å². The molecule has 0 atom stereocenters. The van der Waals surface area contributed by atoms with Crippen molar-refractivity contribution in [2.24, 2.45) is 0 Å². The molecule has 0 unspecified atom stereocenters. The van der Waals surface area contributed by atoms with E-state index in [-0.39, 0.29) is 17.2 Å². The Bertz CT molecular complexity index is 1350. The van der Waals surface area contributed by atoms with Gasteiger partial charge in [0.1, 0.15) is 11.6 Å². The summed E-state index contributed by atoms with van der Waals surface area (Å²) >= 11 is 0. The Morgan fingerprint density at radius 3 is 2.14 bits per heavy atom. The number of nitrogens with zero attached hydrogens (tertiary/aromatic N) is 2. The fraction of sp³-hybridized carbons (Fsp3) is 0.0800. The summed E-state index contributed by atoms with van der Waals surface area (Å²) in [6, 6.07) is 22.9. The Balaban J connectivity index is 1.74. The molecular formula is C25H19F3N4O3. The van der Waals surface area contributed by atoms with E-state index in [0.29, 0.717) is 17.0 Å². The lowest BCUT2D eigenvalue weighted by atomic mass is 10.1. The van der Waals surface area contributed by atoms with Crippen molar-refractivity contribution >= 4 is 29.0 Å². The lowest BCUT2D eigenvalue weighted by Crippen LogP contribution is -2.30. The number of hydrogen-bond donors (Lipinski definition) is 2. The molecule has 10 heteroatoms. The lowest BCUT2D eigenvalue weighted by Gasteiger charge is -2.14. The maximum Gasteiger partial charge on any atom is 0.471 e. The zero-order chi connectivity index (χ0) is 25.0. The van der Waals surface area contributed by atoms with Crippen molar-refractivity contribution in [2.45, 2.75) is 6.18 Å². The van der Waals surface area contributed by atoms with E-state index in [9.17, 15) is 22.8 Å². The SMILES string of the molecule is COc1ccc(C(=O)n2nc(-c3ccccc3)cc2Nc2ccccc2NC(=O)C(F)(F)F)cc1. The van der Waals surface area contributed by atoms with Crippen molar-refractivity contribution in [1.82, 2.24) is 9.78 Å². The number of amides is 1. The molecule has 0 fully saturated rings. The monoisotopic (exact) mass is 480 g/mol. The first-order chi connectivity index (χ1) is 16.8. The van der Waals surface area contributed by atoms with Crippen LogP contribution in [0.25, 0.3) is 11.3 Å². The van der Waals surface area contributed by atoms with E-state index < -0.39 is 18.0 Å². The molecular weight excluding hydrogens is 461 g/mol. The number of carbonyl (C=O) groups is 2. The molecule has 178 valence electrons. The van der Waals surface area contributed by atoms with Crippen LogP contribution in [-0.4, -0.2) is 34.9 Å². The van der Waals surface area contributed by atoms with Crippen molar-refractivity contribution in [2.75, 3.05) is 17.7 Å². The van der Waals surface area contributed by atoms with Crippen LogP contribution in [0, 0.1) is 0 Å². The molecule has 2 N–H and O–H groups in total. The van der Waals surface area contributed by atoms with E-state index >= 15 is 0 Å². The summed E-state index contributed by atoms with van der Waals surface area (Å²) in [7, 11) is 1.51. The van der Waals surface area contributed by atoms with Gasteiger partial charge in [-0.05, 0) is 36.4 Å². The maximum atomic E-state index is 13.3. The molecule has 0 aliphatic carbocycles. The number of anilines is 3. The molecule has 0 spiro atoms. The minimum atomic E-state index is -5.06. The molecule has 4 aromatic rings. The third kappa shape index (κ3) is 5.32. The van der Waals surface area contributed by atoms with E-state index in [4.69, 9.17) is 4.74 Å². The number of carbonyl (C=O) groups excluding carboxylic acids is 2. The molecule has 0 saturated carbocycles. The highest BCUT2D eigenvalue weighted by molar-refractivity contribution is 6.00. The second-order valence-electron chi connectivity index (χ2n) is 7.35. The first kappa shape index (κ1) is 23.6. The minimum absolute atomic E-state index is 0.110. The molecule has 0 bridgehead atoms. The average Bonchev–Trinajstić information content (AvgIpc) is 3.28. The van der Waals surface area contributed by atoms with Crippen LogP contribution in [0.1, 0.15) is 10.4 Å². The molecule has 0 aliphatic rings. The molecule has 3 aromatic carbocycles. The molecule has 0 radical (unpaired) electrons. The highest BCUT2D eigenvalue weighted by Crippen LogP contribution is 2.30. The Hall–Kier alpha value is -4.60. The summed E-state index contributed by atoms with van der Waals surface area (Å²) < 4.78 is 44.6. The Labute approximate surface area is 198 Å². The normalized spacial score (nSPS) is 11.1. The van der Waals surface area contributed by atoms with Crippen LogP contribution in [0.5, 0.6) is 5.75 Å². The summed E-state index contributed by atoms with van der Waals surface area (Å²) in [4.78, 5) is 24.8. The molecule has 1 amide bonds. The summed E-state index contributed by atoms with van der Waals surface area (Å²) in [6.07, 6.45) is -5.06. The van der Waals surface area contributed by atoms with E-state index in [0.717, 1.165) is 10.2 Å². The third-order valence-electron chi connectivity index (χ3n) is 5.00. The van der Waals surface area contributed by atoms with Crippen LogP contribution < -0.4 is 15.4 Å². The van der Waals surface area contributed by atoms with Gasteiger partial charge in [-0.1, -0.05) is 42.5 Å². The van der Waals surface area contributed by atoms with Gasteiger partial charge in [-0.25, -0.2) is 0 Å². The Kier molecular flexibility index (Phi) is 6.54. The quantitative estimate of drug-likeness (QED) is 0.381.